The van der Waals surface area contributed by atoms with Gasteiger partial charge in [0.05, 0.1) is 23.7 Å². The van der Waals surface area contributed by atoms with Crippen molar-refractivity contribution in [2.45, 2.75) is 13.0 Å². The fourth-order valence-electron chi connectivity index (χ4n) is 3.82. The van der Waals surface area contributed by atoms with E-state index < -0.39 is 22.4 Å². The first-order chi connectivity index (χ1) is 15.4. The molecule has 1 N–H and O–H groups in total. The first-order valence-electron chi connectivity index (χ1n) is 10.3. The summed E-state index contributed by atoms with van der Waals surface area (Å²) in [6, 6.07) is 11.4. The topological polar surface area (TPSA) is 122 Å². The highest BCUT2D eigenvalue weighted by Crippen LogP contribution is 2.30. The second-order valence-electron chi connectivity index (χ2n) is 7.60. The number of amides is 3. The van der Waals surface area contributed by atoms with Gasteiger partial charge in [0, 0.05) is 44.4 Å². The fraction of sp³-hybridized carbons (Fsp3) is 0.318. The summed E-state index contributed by atoms with van der Waals surface area (Å²) in [6.45, 7) is 3.88. The normalized spacial score (nSPS) is 16.2. The molecule has 0 saturated carbocycles. The second-order valence-corrected chi connectivity index (χ2v) is 7.60. The number of nitro groups is 1. The molecule has 0 spiro atoms. The highest BCUT2D eigenvalue weighted by Gasteiger charge is 2.40. The Labute approximate surface area is 183 Å². The van der Waals surface area contributed by atoms with Gasteiger partial charge in [0.1, 0.15) is 5.56 Å². The average molecular weight is 438 g/mol. The van der Waals surface area contributed by atoms with Crippen molar-refractivity contribution >= 4 is 29.1 Å². The van der Waals surface area contributed by atoms with Crippen molar-refractivity contribution in [3.63, 3.8) is 0 Å². The monoisotopic (exact) mass is 438 g/mol. The molecule has 32 heavy (non-hydrogen) atoms. The molecule has 0 bridgehead atoms. The molecule has 10 heteroatoms. The lowest BCUT2D eigenvalue weighted by atomic mass is 10.1. The lowest BCUT2D eigenvalue weighted by Gasteiger charge is -2.26. The van der Waals surface area contributed by atoms with Gasteiger partial charge in [-0.25, -0.2) is 0 Å². The maximum absolute atomic E-state index is 12.6. The van der Waals surface area contributed by atoms with Gasteiger partial charge in [0.25, 0.3) is 17.5 Å². The van der Waals surface area contributed by atoms with Crippen molar-refractivity contribution in [2.75, 3.05) is 38.2 Å². The Balaban J connectivity index is 1.32. The van der Waals surface area contributed by atoms with Crippen LogP contribution in [0.25, 0.3) is 0 Å². The lowest BCUT2D eigenvalue weighted by molar-refractivity contribution is -0.385. The molecule has 0 aromatic heterocycles. The molecule has 0 aliphatic carbocycles. The van der Waals surface area contributed by atoms with E-state index in [4.69, 9.17) is 4.74 Å². The number of imide groups is 1. The molecule has 0 unspecified atom stereocenters. The average Bonchev–Trinajstić information content (AvgIpc) is 3.04. The lowest BCUT2D eigenvalue weighted by Crippen LogP contribution is -2.35. The minimum atomic E-state index is -0.752. The first-order valence-corrected chi connectivity index (χ1v) is 10.3. The summed E-state index contributed by atoms with van der Waals surface area (Å²) in [6.07, 6.45) is -0.116. The Morgan fingerprint density at radius 3 is 2.47 bits per heavy atom. The van der Waals surface area contributed by atoms with E-state index in [0.717, 1.165) is 43.3 Å². The zero-order valence-corrected chi connectivity index (χ0v) is 17.3. The predicted octanol–water partition coefficient (Wildman–Crippen LogP) is 2.05. The second kappa shape index (κ2) is 9.25. The largest absolute Gasteiger partial charge is 0.379 e. The van der Waals surface area contributed by atoms with Crippen LogP contribution >= 0.6 is 0 Å². The number of benzene rings is 2. The van der Waals surface area contributed by atoms with Gasteiger partial charge in [-0.1, -0.05) is 18.2 Å². The van der Waals surface area contributed by atoms with Gasteiger partial charge in [-0.15, -0.1) is 0 Å². The number of carbonyl (C=O) groups excluding carboxylic acids is 3. The van der Waals surface area contributed by atoms with E-state index in [0.29, 0.717) is 5.69 Å². The Morgan fingerprint density at radius 2 is 1.78 bits per heavy atom. The third-order valence-corrected chi connectivity index (χ3v) is 5.48. The number of nitro benzene ring substituents is 1. The van der Waals surface area contributed by atoms with Gasteiger partial charge in [-0.2, -0.15) is 0 Å². The van der Waals surface area contributed by atoms with E-state index in [1.165, 1.54) is 18.2 Å². The van der Waals surface area contributed by atoms with Crippen LogP contribution in [-0.2, 0) is 16.1 Å². The molecular formula is C22H22N4O6. The highest BCUT2D eigenvalue weighted by atomic mass is 16.6. The summed E-state index contributed by atoms with van der Waals surface area (Å²) in [5.41, 5.74) is 1.08. The van der Waals surface area contributed by atoms with E-state index in [-0.39, 0.29) is 30.0 Å². The van der Waals surface area contributed by atoms with Crippen LogP contribution in [0, 0.1) is 10.1 Å². The third kappa shape index (κ3) is 4.51. The predicted molar refractivity (Wildman–Crippen MR) is 114 cm³/mol. The van der Waals surface area contributed by atoms with Crippen molar-refractivity contribution in [1.29, 1.82) is 0 Å². The number of hydrogen-bond donors (Lipinski definition) is 1. The van der Waals surface area contributed by atoms with Crippen LogP contribution in [-0.4, -0.2) is 65.3 Å². The minimum absolute atomic E-state index is 0.0135. The van der Waals surface area contributed by atoms with Crippen molar-refractivity contribution in [3.05, 3.63) is 69.3 Å². The number of morpholine rings is 1. The van der Waals surface area contributed by atoms with Crippen LogP contribution in [0.5, 0.6) is 0 Å². The molecule has 166 valence electrons. The first kappa shape index (κ1) is 21.6. The standard InChI is InChI=1S/C22H22N4O6/c27-19(23-16-6-4-15(5-7-16)14-24-10-12-32-13-11-24)8-9-25-21(28)17-2-1-3-18(26(30)31)20(17)22(25)29/h1-7H,8-14H2,(H,23,27). The number of rotatable bonds is 7. The minimum Gasteiger partial charge on any atom is -0.379 e. The molecule has 3 amide bonds. The van der Waals surface area contributed by atoms with Gasteiger partial charge >= 0.3 is 0 Å². The van der Waals surface area contributed by atoms with Crippen LogP contribution in [0.1, 0.15) is 32.7 Å². The number of ether oxygens (including phenoxy) is 1. The molecule has 0 radical (unpaired) electrons. The van der Waals surface area contributed by atoms with E-state index in [2.05, 4.69) is 10.2 Å². The molecule has 2 aliphatic heterocycles. The smallest absolute Gasteiger partial charge is 0.282 e. The van der Waals surface area contributed by atoms with Crippen molar-refractivity contribution in [3.8, 4) is 0 Å². The number of hydrogen-bond acceptors (Lipinski definition) is 7. The molecule has 2 aliphatic rings. The van der Waals surface area contributed by atoms with E-state index in [9.17, 15) is 24.5 Å². The molecule has 10 nitrogen and oxygen atoms in total. The Kier molecular flexibility index (Phi) is 6.24. The van der Waals surface area contributed by atoms with Crippen LogP contribution in [0.15, 0.2) is 42.5 Å². The molecule has 1 saturated heterocycles. The summed E-state index contributed by atoms with van der Waals surface area (Å²) < 4.78 is 5.34. The van der Waals surface area contributed by atoms with Gasteiger partial charge in [-0.05, 0) is 23.8 Å². The molecule has 1 fully saturated rings. The molecule has 4 rings (SSSR count). The molecule has 2 aromatic rings. The van der Waals surface area contributed by atoms with Crippen LogP contribution in [0.3, 0.4) is 0 Å². The summed E-state index contributed by atoms with van der Waals surface area (Å²) >= 11 is 0. The summed E-state index contributed by atoms with van der Waals surface area (Å²) in [5, 5.41) is 13.9. The van der Waals surface area contributed by atoms with Crippen LogP contribution < -0.4 is 5.32 Å². The highest BCUT2D eigenvalue weighted by molar-refractivity contribution is 6.23. The van der Waals surface area contributed by atoms with Crippen LogP contribution in [0.4, 0.5) is 11.4 Å². The number of nitrogens with one attached hydrogen (secondary N) is 1. The zero-order chi connectivity index (χ0) is 22.7. The fourth-order valence-corrected chi connectivity index (χ4v) is 3.82. The van der Waals surface area contributed by atoms with Crippen molar-refractivity contribution in [1.82, 2.24) is 9.80 Å². The Bertz CT molecular complexity index is 1060. The van der Waals surface area contributed by atoms with Gasteiger partial charge in [0.15, 0.2) is 0 Å². The maximum atomic E-state index is 12.6. The summed E-state index contributed by atoms with van der Waals surface area (Å²) in [7, 11) is 0. The number of fused-ring (bicyclic) bond motifs is 1. The van der Waals surface area contributed by atoms with Gasteiger partial charge in [-0.3, -0.25) is 34.3 Å². The maximum Gasteiger partial charge on any atom is 0.282 e. The quantitative estimate of drug-likeness (QED) is 0.399. The Hall–Kier alpha value is -3.63. The van der Waals surface area contributed by atoms with Gasteiger partial charge < -0.3 is 10.1 Å². The molecule has 2 heterocycles. The summed E-state index contributed by atoms with van der Waals surface area (Å²) in [5.74, 6) is -1.75. The Morgan fingerprint density at radius 1 is 1.06 bits per heavy atom. The molecule has 0 atom stereocenters. The zero-order valence-electron chi connectivity index (χ0n) is 17.3. The number of nitrogens with zero attached hydrogens (tertiary/aromatic N) is 3. The van der Waals surface area contributed by atoms with Gasteiger partial charge in [0.2, 0.25) is 5.91 Å². The molecule has 2 aromatic carbocycles. The molecular weight excluding hydrogens is 416 g/mol. The van der Waals surface area contributed by atoms with E-state index in [1.807, 2.05) is 12.1 Å². The van der Waals surface area contributed by atoms with E-state index in [1.54, 1.807) is 12.1 Å². The third-order valence-electron chi connectivity index (χ3n) is 5.48. The van der Waals surface area contributed by atoms with Crippen molar-refractivity contribution < 1.29 is 24.0 Å². The number of anilines is 1. The van der Waals surface area contributed by atoms with Crippen LogP contribution in [0.2, 0.25) is 0 Å². The SMILES string of the molecule is O=C(CCN1C(=O)c2cccc([N+](=O)[O-])c2C1=O)Nc1ccc(CN2CCOCC2)cc1. The summed E-state index contributed by atoms with van der Waals surface area (Å²) in [4.78, 5) is 51.1. The van der Waals surface area contributed by atoms with E-state index >= 15 is 0 Å². The van der Waals surface area contributed by atoms with Crippen molar-refractivity contribution in [2.24, 2.45) is 0 Å². The number of carbonyl (C=O) groups is 3.